The Morgan fingerprint density at radius 1 is 1.02 bits per heavy atom. The molecule has 5 aromatic rings. The Morgan fingerprint density at radius 3 is 2.70 bits per heavy atom. The van der Waals surface area contributed by atoms with Gasteiger partial charge in [0.05, 0.1) is 25.4 Å². The van der Waals surface area contributed by atoms with Crippen molar-refractivity contribution in [3.63, 3.8) is 0 Å². The Morgan fingerprint density at radius 2 is 1.90 bits per heavy atom. The van der Waals surface area contributed by atoms with Crippen molar-refractivity contribution in [1.82, 2.24) is 19.6 Å². The predicted octanol–water partition coefficient (Wildman–Crippen LogP) is 5.31. The lowest BCUT2D eigenvalue weighted by atomic mass is 10.0. The van der Waals surface area contributed by atoms with Crippen LogP contribution in [0.2, 0.25) is 0 Å². The number of fused-ring (bicyclic) bond motifs is 2. The van der Waals surface area contributed by atoms with Crippen LogP contribution in [0.4, 0.5) is 11.5 Å². The predicted molar refractivity (Wildman–Crippen MR) is 154 cm³/mol. The number of methoxy groups -OCH3 is 1. The van der Waals surface area contributed by atoms with Gasteiger partial charge in [-0.2, -0.15) is 0 Å². The van der Waals surface area contributed by atoms with Crippen molar-refractivity contribution in [2.45, 2.75) is 38.4 Å². The van der Waals surface area contributed by atoms with E-state index < -0.39 is 0 Å². The number of aryl methyl sites for hydroxylation is 1. The Balaban J connectivity index is 1.28. The van der Waals surface area contributed by atoms with Crippen LogP contribution in [0, 0.1) is 12.8 Å². The number of anilines is 2. The summed E-state index contributed by atoms with van der Waals surface area (Å²) in [6, 6.07) is 24.0. The number of ether oxygens (including phenoxy) is 1. The average molecular weight is 531 g/mol. The largest absolute Gasteiger partial charge is 0.497 e. The first kappa shape index (κ1) is 24.3. The van der Waals surface area contributed by atoms with Crippen LogP contribution in [-0.4, -0.2) is 44.7 Å². The fourth-order valence-corrected chi connectivity index (χ4v) is 5.88. The number of piperidine rings is 1. The first-order valence-electron chi connectivity index (χ1n) is 13.6. The van der Waals surface area contributed by atoms with Crippen LogP contribution < -0.4 is 14.5 Å². The maximum absolute atomic E-state index is 14.5. The first-order valence-corrected chi connectivity index (χ1v) is 13.6. The van der Waals surface area contributed by atoms with Crippen molar-refractivity contribution in [3.8, 4) is 17.1 Å². The minimum atomic E-state index is -0.269. The molecule has 3 aromatic heterocycles. The van der Waals surface area contributed by atoms with Gasteiger partial charge in [-0.15, -0.1) is 5.10 Å². The molecule has 1 saturated heterocycles. The van der Waals surface area contributed by atoms with E-state index in [0.717, 1.165) is 52.3 Å². The molecule has 3 atom stereocenters. The molecule has 2 aromatic carbocycles. The normalized spacial score (nSPS) is 19.4. The maximum Gasteiger partial charge on any atom is 0.250 e. The SMILES string of the molecule is COc1ccc(CN(C(=O)[C@H]2C[C@H]3C[C@H]3N2c2ccccn2)c2ccc(C)c(-c3ncc4cccn4n3)c2)cc1. The van der Waals surface area contributed by atoms with Crippen molar-refractivity contribution in [1.29, 1.82) is 0 Å². The Bertz CT molecular complexity index is 1680. The van der Waals surface area contributed by atoms with Crippen molar-refractivity contribution < 1.29 is 9.53 Å². The summed E-state index contributed by atoms with van der Waals surface area (Å²) < 4.78 is 7.18. The molecule has 1 aliphatic heterocycles. The number of hydrogen-bond donors (Lipinski definition) is 0. The summed E-state index contributed by atoms with van der Waals surface area (Å²) in [6.07, 6.45) is 7.49. The molecular weight excluding hydrogens is 500 g/mol. The Kier molecular flexibility index (Phi) is 5.95. The number of hydrogen-bond acceptors (Lipinski definition) is 6. The van der Waals surface area contributed by atoms with E-state index in [0.29, 0.717) is 24.3 Å². The van der Waals surface area contributed by atoms with E-state index in [1.54, 1.807) is 13.3 Å². The van der Waals surface area contributed by atoms with Crippen molar-refractivity contribution in [2.24, 2.45) is 5.92 Å². The molecule has 8 nitrogen and oxygen atoms in total. The standard InChI is InChI=1S/C32H30N6O2/c1-21-8-11-24(18-27(21)31-34-19-25-6-5-15-37(25)35-31)36(20-22-9-12-26(40-2)13-10-22)32(39)29-17-23-16-28(23)38(29)30-7-3-4-14-33-30/h3-15,18-19,23,28-29H,16-17,20H2,1-2H3/t23-,28-,29-/m1/s1. The smallest absolute Gasteiger partial charge is 0.250 e. The average Bonchev–Trinajstić information content (AvgIpc) is 3.41. The van der Waals surface area contributed by atoms with Gasteiger partial charge in [0.25, 0.3) is 0 Å². The Labute approximate surface area is 232 Å². The summed E-state index contributed by atoms with van der Waals surface area (Å²) in [5.74, 6) is 2.89. The topological polar surface area (TPSA) is 75.9 Å². The van der Waals surface area contributed by atoms with Gasteiger partial charge in [0, 0.05) is 29.7 Å². The van der Waals surface area contributed by atoms with Gasteiger partial charge in [-0.3, -0.25) is 4.79 Å². The number of benzene rings is 2. The molecule has 40 heavy (non-hydrogen) atoms. The van der Waals surface area contributed by atoms with Gasteiger partial charge in [-0.25, -0.2) is 14.5 Å². The fourth-order valence-electron chi connectivity index (χ4n) is 5.88. The van der Waals surface area contributed by atoms with Crippen molar-refractivity contribution >= 4 is 22.9 Å². The molecule has 0 N–H and O–H groups in total. The van der Waals surface area contributed by atoms with Gasteiger partial charge in [-0.05, 0) is 85.3 Å². The van der Waals surface area contributed by atoms with E-state index in [4.69, 9.17) is 9.84 Å². The molecule has 0 spiro atoms. The highest BCUT2D eigenvalue weighted by Gasteiger charge is 2.55. The van der Waals surface area contributed by atoms with Crippen LogP contribution in [0.3, 0.4) is 0 Å². The van der Waals surface area contributed by atoms with E-state index in [1.165, 1.54) is 0 Å². The van der Waals surface area contributed by atoms with Gasteiger partial charge in [-0.1, -0.05) is 24.3 Å². The highest BCUT2D eigenvalue weighted by atomic mass is 16.5. The van der Waals surface area contributed by atoms with Gasteiger partial charge in [0.2, 0.25) is 5.91 Å². The summed E-state index contributed by atoms with van der Waals surface area (Å²) in [4.78, 5) is 27.9. The van der Waals surface area contributed by atoms with Crippen molar-refractivity contribution in [2.75, 3.05) is 16.9 Å². The van der Waals surface area contributed by atoms with Gasteiger partial charge < -0.3 is 14.5 Å². The second-order valence-electron chi connectivity index (χ2n) is 10.6. The third kappa shape index (κ3) is 4.35. The highest BCUT2D eigenvalue weighted by molar-refractivity contribution is 6.00. The fraction of sp³-hybridized carbons (Fsp3) is 0.250. The van der Waals surface area contributed by atoms with Crippen LogP contribution in [0.1, 0.15) is 24.0 Å². The second kappa shape index (κ2) is 9.79. The molecule has 0 unspecified atom stereocenters. The van der Waals surface area contributed by atoms with E-state index in [9.17, 15) is 4.79 Å². The zero-order valence-corrected chi connectivity index (χ0v) is 22.5. The summed E-state index contributed by atoms with van der Waals surface area (Å²) in [5.41, 5.74) is 4.72. The van der Waals surface area contributed by atoms with E-state index in [1.807, 2.05) is 102 Å². The number of carbonyl (C=O) groups is 1. The molecule has 1 aliphatic carbocycles. The zero-order valence-electron chi connectivity index (χ0n) is 22.5. The summed E-state index contributed by atoms with van der Waals surface area (Å²) in [7, 11) is 1.66. The monoisotopic (exact) mass is 530 g/mol. The lowest BCUT2D eigenvalue weighted by Crippen LogP contribution is -2.47. The molecule has 200 valence electrons. The number of rotatable bonds is 7. The number of amides is 1. The molecule has 0 radical (unpaired) electrons. The number of pyridine rings is 1. The lowest BCUT2D eigenvalue weighted by molar-refractivity contribution is -0.120. The van der Waals surface area contributed by atoms with Crippen LogP contribution in [-0.2, 0) is 11.3 Å². The molecule has 8 heteroatoms. The van der Waals surface area contributed by atoms with Crippen LogP contribution >= 0.6 is 0 Å². The minimum Gasteiger partial charge on any atom is -0.497 e. The van der Waals surface area contributed by atoms with Crippen LogP contribution in [0.25, 0.3) is 16.9 Å². The van der Waals surface area contributed by atoms with E-state index >= 15 is 0 Å². The summed E-state index contributed by atoms with van der Waals surface area (Å²) in [5, 5.41) is 4.73. The van der Waals surface area contributed by atoms with Gasteiger partial charge >= 0.3 is 0 Å². The van der Waals surface area contributed by atoms with E-state index in [-0.39, 0.29) is 11.9 Å². The molecule has 2 aliphatic rings. The number of carbonyl (C=O) groups excluding carboxylic acids is 1. The molecular formula is C32H30N6O2. The van der Waals surface area contributed by atoms with Crippen molar-refractivity contribution in [3.05, 3.63) is 103 Å². The summed E-state index contributed by atoms with van der Waals surface area (Å²) in [6.45, 7) is 2.48. The molecule has 0 bridgehead atoms. The third-order valence-electron chi connectivity index (χ3n) is 8.12. The van der Waals surface area contributed by atoms with Gasteiger partial charge in [0.1, 0.15) is 17.6 Å². The summed E-state index contributed by atoms with van der Waals surface area (Å²) >= 11 is 0. The number of aromatic nitrogens is 4. The molecule has 1 saturated carbocycles. The lowest BCUT2D eigenvalue weighted by Gasteiger charge is -2.33. The third-order valence-corrected chi connectivity index (χ3v) is 8.12. The van der Waals surface area contributed by atoms with E-state index in [2.05, 4.69) is 14.9 Å². The minimum absolute atomic E-state index is 0.0743. The quantitative estimate of drug-likeness (QED) is 0.284. The first-order chi connectivity index (χ1) is 19.6. The highest BCUT2D eigenvalue weighted by Crippen LogP contribution is 2.50. The molecule has 7 rings (SSSR count). The second-order valence-corrected chi connectivity index (χ2v) is 10.6. The molecule has 1 amide bonds. The van der Waals surface area contributed by atoms with Crippen LogP contribution in [0.15, 0.2) is 91.4 Å². The van der Waals surface area contributed by atoms with Gasteiger partial charge in [0.15, 0.2) is 5.82 Å². The molecule has 2 fully saturated rings. The molecule has 4 heterocycles. The Hall–Kier alpha value is -4.72. The number of nitrogens with zero attached hydrogens (tertiary/aromatic N) is 6. The maximum atomic E-state index is 14.5. The van der Waals surface area contributed by atoms with Crippen LogP contribution in [0.5, 0.6) is 5.75 Å². The zero-order chi connectivity index (χ0) is 27.2.